The van der Waals surface area contributed by atoms with Gasteiger partial charge in [-0.3, -0.25) is 9.59 Å². The minimum atomic E-state index is -0.117. The van der Waals surface area contributed by atoms with Gasteiger partial charge in [0.15, 0.2) is 0 Å². The Morgan fingerprint density at radius 3 is 2.62 bits per heavy atom. The summed E-state index contributed by atoms with van der Waals surface area (Å²) >= 11 is 0. The lowest BCUT2D eigenvalue weighted by atomic mass is 9.93. The molecule has 7 heteroatoms. The number of likely N-dealkylation sites (tertiary alicyclic amines) is 2. The van der Waals surface area contributed by atoms with Crippen molar-refractivity contribution in [1.29, 1.82) is 5.26 Å². The molecule has 126 valence electrons. The van der Waals surface area contributed by atoms with Gasteiger partial charge in [0.2, 0.25) is 17.7 Å². The number of carbonyl (C=O) groups excluding carboxylic acids is 2. The van der Waals surface area contributed by atoms with Crippen molar-refractivity contribution < 1.29 is 14.3 Å². The van der Waals surface area contributed by atoms with Crippen LogP contribution in [0.5, 0.6) is 5.88 Å². The zero-order valence-corrected chi connectivity index (χ0v) is 13.6. The van der Waals surface area contributed by atoms with Gasteiger partial charge in [0.25, 0.3) is 0 Å². The molecule has 0 spiro atoms. The summed E-state index contributed by atoms with van der Waals surface area (Å²) in [4.78, 5) is 31.5. The third-order valence-corrected chi connectivity index (χ3v) is 4.62. The minimum Gasteiger partial charge on any atom is -0.470 e. The lowest BCUT2D eigenvalue weighted by Crippen LogP contribution is -2.58. The molecule has 0 bridgehead atoms. The van der Waals surface area contributed by atoms with Gasteiger partial charge in [0.1, 0.15) is 17.7 Å². The third-order valence-electron chi connectivity index (χ3n) is 4.62. The first kappa shape index (κ1) is 16.2. The number of amides is 2. The Labute approximate surface area is 140 Å². The van der Waals surface area contributed by atoms with Crippen molar-refractivity contribution in [3.05, 3.63) is 23.9 Å². The highest BCUT2D eigenvalue weighted by Gasteiger charge is 2.37. The summed E-state index contributed by atoms with van der Waals surface area (Å²) in [6, 6.07) is 5.40. The van der Waals surface area contributed by atoms with Crippen LogP contribution in [-0.4, -0.2) is 58.9 Å². The van der Waals surface area contributed by atoms with E-state index in [1.807, 2.05) is 6.07 Å². The largest absolute Gasteiger partial charge is 0.470 e. The summed E-state index contributed by atoms with van der Waals surface area (Å²) < 4.78 is 5.71. The van der Waals surface area contributed by atoms with Crippen LogP contribution < -0.4 is 4.74 Å². The van der Waals surface area contributed by atoms with Gasteiger partial charge < -0.3 is 14.5 Å². The predicted molar refractivity (Wildman–Crippen MR) is 84.9 cm³/mol. The maximum absolute atomic E-state index is 12.5. The van der Waals surface area contributed by atoms with Gasteiger partial charge in [0.05, 0.1) is 13.1 Å². The molecule has 0 N–H and O–H groups in total. The molecule has 3 rings (SSSR count). The van der Waals surface area contributed by atoms with Crippen LogP contribution >= 0.6 is 0 Å². The summed E-state index contributed by atoms with van der Waals surface area (Å²) in [7, 11) is 0. The van der Waals surface area contributed by atoms with Crippen molar-refractivity contribution in [2.75, 3.05) is 26.2 Å². The summed E-state index contributed by atoms with van der Waals surface area (Å²) in [6.07, 6.45) is 2.91. The van der Waals surface area contributed by atoms with Crippen molar-refractivity contribution in [3.63, 3.8) is 0 Å². The molecule has 1 aromatic rings. The lowest BCUT2D eigenvalue weighted by Gasteiger charge is -2.42. The number of aromatic nitrogens is 1. The molecule has 0 saturated carbocycles. The molecule has 3 heterocycles. The number of hydrogen-bond acceptors (Lipinski definition) is 5. The smallest absolute Gasteiger partial charge is 0.232 e. The fourth-order valence-electron chi connectivity index (χ4n) is 3.12. The van der Waals surface area contributed by atoms with Crippen LogP contribution in [0.4, 0.5) is 0 Å². The van der Waals surface area contributed by atoms with E-state index in [9.17, 15) is 9.59 Å². The van der Waals surface area contributed by atoms with E-state index in [0.717, 1.165) is 12.8 Å². The highest BCUT2D eigenvalue weighted by Crippen LogP contribution is 2.24. The van der Waals surface area contributed by atoms with Crippen molar-refractivity contribution >= 4 is 11.8 Å². The summed E-state index contributed by atoms with van der Waals surface area (Å²) in [5, 5.41) is 9.03. The van der Waals surface area contributed by atoms with Gasteiger partial charge in [-0.2, -0.15) is 5.26 Å². The Kier molecular flexibility index (Phi) is 4.65. The first-order valence-corrected chi connectivity index (χ1v) is 8.14. The molecule has 0 radical (unpaired) electrons. The van der Waals surface area contributed by atoms with Crippen molar-refractivity contribution in [2.24, 2.45) is 5.92 Å². The number of hydrogen-bond donors (Lipinski definition) is 0. The van der Waals surface area contributed by atoms with Crippen LogP contribution in [0.2, 0.25) is 0 Å². The van der Waals surface area contributed by atoms with Gasteiger partial charge in [-0.15, -0.1) is 0 Å². The third kappa shape index (κ3) is 3.32. The van der Waals surface area contributed by atoms with Crippen LogP contribution in [0.1, 0.15) is 25.3 Å². The fraction of sp³-hybridized carbons (Fsp3) is 0.529. The molecule has 2 amide bonds. The van der Waals surface area contributed by atoms with Crippen molar-refractivity contribution in [1.82, 2.24) is 14.8 Å². The Bertz CT molecular complexity index is 671. The molecule has 24 heavy (non-hydrogen) atoms. The van der Waals surface area contributed by atoms with Crippen LogP contribution in [-0.2, 0) is 9.59 Å². The zero-order valence-electron chi connectivity index (χ0n) is 13.6. The van der Waals surface area contributed by atoms with E-state index in [0.29, 0.717) is 37.6 Å². The highest BCUT2D eigenvalue weighted by atomic mass is 16.5. The molecular weight excluding hydrogens is 308 g/mol. The van der Waals surface area contributed by atoms with E-state index in [1.165, 1.54) is 0 Å². The quantitative estimate of drug-likeness (QED) is 0.819. The molecule has 2 saturated heterocycles. The lowest BCUT2D eigenvalue weighted by molar-refractivity contribution is -0.147. The fourth-order valence-corrected chi connectivity index (χ4v) is 3.12. The van der Waals surface area contributed by atoms with Gasteiger partial charge in [-0.25, -0.2) is 4.98 Å². The second-order valence-electron chi connectivity index (χ2n) is 6.23. The van der Waals surface area contributed by atoms with E-state index in [1.54, 1.807) is 35.1 Å². The number of pyridine rings is 1. The normalized spacial score (nSPS) is 18.7. The van der Waals surface area contributed by atoms with Crippen LogP contribution in [0.25, 0.3) is 0 Å². The van der Waals surface area contributed by atoms with E-state index in [2.05, 4.69) is 4.98 Å². The number of rotatable bonds is 3. The number of nitrogens with zero attached hydrogens (tertiary/aromatic N) is 4. The van der Waals surface area contributed by atoms with E-state index in [-0.39, 0.29) is 23.8 Å². The van der Waals surface area contributed by atoms with E-state index in [4.69, 9.17) is 10.00 Å². The zero-order chi connectivity index (χ0) is 17.1. The topological polar surface area (TPSA) is 86.5 Å². The highest BCUT2D eigenvalue weighted by molar-refractivity contribution is 5.80. The number of carbonyl (C=O) groups is 2. The molecule has 0 aromatic carbocycles. The molecule has 7 nitrogen and oxygen atoms in total. The molecule has 1 aromatic heterocycles. The van der Waals surface area contributed by atoms with Gasteiger partial charge in [-0.05, 0) is 25.0 Å². The van der Waals surface area contributed by atoms with Gasteiger partial charge >= 0.3 is 0 Å². The van der Waals surface area contributed by atoms with E-state index >= 15 is 0 Å². The standard InChI is InChI=1S/C17H20N4O3/c1-12(22)20-7-4-13(5-8-20)17(23)21-10-15(11-21)24-16-14(9-18)3-2-6-19-16/h2-3,6,13,15H,4-5,7-8,10-11H2,1H3. The Morgan fingerprint density at radius 2 is 2.00 bits per heavy atom. The summed E-state index contributed by atoms with van der Waals surface area (Å²) in [5.41, 5.74) is 0.402. The molecule has 2 fully saturated rings. The number of piperidine rings is 1. The maximum atomic E-state index is 12.5. The Balaban J connectivity index is 1.47. The summed E-state index contributed by atoms with van der Waals surface area (Å²) in [6.45, 7) is 3.91. The Hall–Kier alpha value is -2.62. The van der Waals surface area contributed by atoms with Crippen molar-refractivity contribution in [2.45, 2.75) is 25.9 Å². The monoisotopic (exact) mass is 328 g/mol. The number of ether oxygens (including phenoxy) is 1. The first-order valence-electron chi connectivity index (χ1n) is 8.14. The van der Waals surface area contributed by atoms with Crippen LogP contribution in [0.3, 0.4) is 0 Å². The second kappa shape index (κ2) is 6.87. The molecule has 0 aliphatic carbocycles. The number of nitriles is 1. The first-order chi connectivity index (χ1) is 11.6. The van der Waals surface area contributed by atoms with Crippen LogP contribution in [0.15, 0.2) is 18.3 Å². The van der Waals surface area contributed by atoms with Gasteiger partial charge in [0, 0.05) is 32.1 Å². The second-order valence-corrected chi connectivity index (χ2v) is 6.23. The molecule has 2 aliphatic heterocycles. The molecule has 0 unspecified atom stereocenters. The maximum Gasteiger partial charge on any atom is 0.232 e. The predicted octanol–water partition coefficient (Wildman–Crippen LogP) is 0.801. The average Bonchev–Trinajstić information content (AvgIpc) is 2.57. The van der Waals surface area contributed by atoms with E-state index < -0.39 is 0 Å². The summed E-state index contributed by atoms with van der Waals surface area (Å²) in [5.74, 6) is 0.527. The molecular formula is C17H20N4O3. The Morgan fingerprint density at radius 1 is 1.29 bits per heavy atom. The molecule has 2 aliphatic rings. The van der Waals surface area contributed by atoms with Gasteiger partial charge in [-0.1, -0.05) is 0 Å². The average molecular weight is 328 g/mol. The SMILES string of the molecule is CC(=O)N1CCC(C(=O)N2CC(Oc3ncccc3C#N)C2)CC1. The van der Waals surface area contributed by atoms with Crippen LogP contribution in [0, 0.1) is 17.2 Å². The molecule has 0 atom stereocenters. The minimum absolute atomic E-state index is 0.00827. The van der Waals surface area contributed by atoms with Crippen molar-refractivity contribution in [3.8, 4) is 11.9 Å².